The number of alkyl halides is 3. The molecular weight excluding hydrogens is 577 g/mol. The molecule has 1 saturated heterocycles. The first-order chi connectivity index (χ1) is 21.8. The van der Waals surface area contributed by atoms with Gasteiger partial charge in [0.25, 0.3) is 0 Å². The van der Waals surface area contributed by atoms with E-state index in [9.17, 15) is 22.8 Å². The third-order valence-corrected chi connectivity index (χ3v) is 7.91. The van der Waals surface area contributed by atoms with Crippen molar-refractivity contribution in [2.75, 3.05) is 26.2 Å². The highest BCUT2D eigenvalue weighted by Gasteiger charge is 2.34. The molecule has 0 spiro atoms. The molecule has 0 radical (unpaired) electrons. The smallest absolute Gasteiger partial charge is 0.338 e. The summed E-state index contributed by atoms with van der Waals surface area (Å²) in [5.74, 6) is -0.549. The van der Waals surface area contributed by atoms with Crippen LogP contribution in [0.15, 0.2) is 116 Å². The van der Waals surface area contributed by atoms with Crippen molar-refractivity contribution in [2.45, 2.75) is 31.7 Å². The topological polar surface area (TPSA) is 56.8 Å². The Kier molecular flexibility index (Phi) is 10.4. The van der Waals surface area contributed by atoms with E-state index >= 15 is 0 Å². The van der Waals surface area contributed by atoms with E-state index in [1.807, 2.05) is 53.4 Å². The fraction of sp³-hybridized carbons (Fsp3) is 0.250. The van der Waals surface area contributed by atoms with Crippen molar-refractivity contribution in [1.82, 2.24) is 19.7 Å². The Bertz CT molecular complexity index is 1560. The first-order valence-electron chi connectivity index (χ1n) is 14.9. The zero-order chi connectivity index (χ0) is 31.6. The second-order valence-electron chi connectivity index (χ2n) is 11.1. The van der Waals surface area contributed by atoms with Crippen LogP contribution >= 0.6 is 0 Å². The molecule has 9 heteroatoms. The van der Waals surface area contributed by atoms with Gasteiger partial charge < -0.3 is 9.80 Å². The number of hydrogen-bond acceptors (Lipinski definition) is 4. The summed E-state index contributed by atoms with van der Waals surface area (Å²) in [5.41, 5.74) is 2.62. The molecule has 1 aliphatic heterocycles. The molecule has 0 N–H and O–H groups in total. The summed E-state index contributed by atoms with van der Waals surface area (Å²) in [6.45, 7) is 3.47. The van der Waals surface area contributed by atoms with Crippen LogP contribution in [-0.4, -0.2) is 63.7 Å². The van der Waals surface area contributed by atoms with Crippen LogP contribution in [0.25, 0.3) is 6.08 Å². The van der Waals surface area contributed by atoms with E-state index in [0.717, 1.165) is 29.8 Å². The van der Waals surface area contributed by atoms with E-state index in [2.05, 4.69) is 22.0 Å². The second kappa shape index (κ2) is 14.8. The number of amides is 2. The quantitative estimate of drug-likeness (QED) is 0.203. The molecule has 0 aliphatic carbocycles. The molecule has 5 rings (SSSR count). The second-order valence-corrected chi connectivity index (χ2v) is 11.1. The van der Waals surface area contributed by atoms with Gasteiger partial charge in [0.15, 0.2) is 0 Å². The molecule has 45 heavy (non-hydrogen) atoms. The molecule has 1 atom stereocenters. The Balaban J connectivity index is 1.39. The van der Waals surface area contributed by atoms with Crippen LogP contribution in [0.2, 0.25) is 0 Å². The largest absolute Gasteiger partial charge is 0.416 e. The summed E-state index contributed by atoms with van der Waals surface area (Å²) in [6, 6.07) is 27.2. The van der Waals surface area contributed by atoms with Gasteiger partial charge in [0, 0.05) is 64.2 Å². The molecule has 6 nitrogen and oxygen atoms in total. The fourth-order valence-electron chi connectivity index (χ4n) is 5.42. The highest BCUT2D eigenvalue weighted by Crippen LogP contribution is 2.29. The molecule has 0 saturated carbocycles. The lowest BCUT2D eigenvalue weighted by Crippen LogP contribution is -2.56. The monoisotopic (exact) mass is 612 g/mol. The number of halogens is 3. The number of carbonyl (C=O) groups is 2. The van der Waals surface area contributed by atoms with Crippen LogP contribution in [0.4, 0.5) is 13.2 Å². The van der Waals surface area contributed by atoms with Gasteiger partial charge in [-0.15, -0.1) is 0 Å². The molecule has 4 aromatic rings. The first kappa shape index (κ1) is 31.7. The van der Waals surface area contributed by atoms with Crippen molar-refractivity contribution in [3.05, 3.63) is 143 Å². The first-order valence-corrected chi connectivity index (χ1v) is 14.9. The van der Waals surface area contributed by atoms with Gasteiger partial charge in [-0.2, -0.15) is 13.2 Å². The molecule has 2 amide bonds. The standard InChI is InChI=1S/C36H35F3N4O2/c37-36(38,39)32-14-11-28(12-15-32)13-16-34(44)43(27-31-17-19-40-20-18-31)33(25-29-7-3-1-4-8-29)35(45)42-23-21-41(22-24-42)26-30-9-5-2-6-10-30/h1-20,33H,21-27H2/b16-13+. The number of rotatable bonds is 10. The zero-order valence-electron chi connectivity index (χ0n) is 24.8. The van der Waals surface area contributed by atoms with E-state index in [1.165, 1.54) is 29.8 Å². The van der Waals surface area contributed by atoms with Crippen molar-refractivity contribution < 1.29 is 22.8 Å². The Labute approximate surface area is 261 Å². The maximum absolute atomic E-state index is 14.3. The van der Waals surface area contributed by atoms with E-state index in [-0.39, 0.29) is 12.5 Å². The average Bonchev–Trinajstić information content (AvgIpc) is 3.06. The minimum absolute atomic E-state index is 0.136. The Morgan fingerprint density at radius 1 is 0.778 bits per heavy atom. The van der Waals surface area contributed by atoms with Gasteiger partial charge in [-0.25, -0.2) is 0 Å². The number of aromatic nitrogens is 1. The van der Waals surface area contributed by atoms with Crippen molar-refractivity contribution >= 4 is 17.9 Å². The number of nitrogens with zero attached hydrogens (tertiary/aromatic N) is 4. The minimum atomic E-state index is -4.45. The molecule has 1 unspecified atom stereocenters. The summed E-state index contributed by atoms with van der Waals surface area (Å²) in [6.07, 6.45) is 1.94. The van der Waals surface area contributed by atoms with E-state index in [0.29, 0.717) is 38.2 Å². The normalized spacial score (nSPS) is 14.8. The maximum Gasteiger partial charge on any atom is 0.416 e. The lowest BCUT2D eigenvalue weighted by Gasteiger charge is -2.39. The summed E-state index contributed by atoms with van der Waals surface area (Å²) < 4.78 is 39.1. The third kappa shape index (κ3) is 8.89. The van der Waals surface area contributed by atoms with E-state index < -0.39 is 23.7 Å². The predicted molar refractivity (Wildman–Crippen MR) is 167 cm³/mol. The lowest BCUT2D eigenvalue weighted by molar-refractivity contribution is -0.145. The van der Waals surface area contributed by atoms with Gasteiger partial charge in [0.2, 0.25) is 11.8 Å². The minimum Gasteiger partial charge on any atom is -0.338 e. The van der Waals surface area contributed by atoms with Crippen molar-refractivity contribution in [1.29, 1.82) is 0 Å². The number of benzene rings is 3. The maximum atomic E-state index is 14.3. The summed E-state index contributed by atoms with van der Waals surface area (Å²) in [5, 5.41) is 0. The van der Waals surface area contributed by atoms with Gasteiger partial charge in [0.05, 0.1) is 5.56 Å². The number of carbonyl (C=O) groups excluding carboxylic acids is 2. The van der Waals surface area contributed by atoms with Crippen molar-refractivity contribution in [3.8, 4) is 0 Å². The summed E-state index contributed by atoms with van der Waals surface area (Å²) in [7, 11) is 0. The molecule has 1 aromatic heterocycles. The zero-order valence-corrected chi connectivity index (χ0v) is 24.8. The number of piperazine rings is 1. The number of hydrogen-bond donors (Lipinski definition) is 0. The van der Waals surface area contributed by atoms with Crippen LogP contribution in [0, 0.1) is 0 Å². The highest BCUT2D eigenvalue weighted by atomic mass is 19.4. The fourth-order valence-corrected chi connectivity index (χ4v) is 5.42. The van der Waals surface area contributed by atoms with Gasteiger partial charge in [-0.3, -0.25) is 19.5 Å². The van der Waals surface area contributed by atoms with Gasteiger partial charge in [0.1, 0.15) is 6.04 Å². The molecule has 1 fully saturated rings. The van der Waals surface area contributed by atoms with Gasteiger partial charge in [-0.1, -0.05) is 72.8 Å². The van der Waals surface area contributed by atoms with Gasteiger partial charge in [-0.05, 0) is 52.6 Å². The van der Waals surface area contributed by atoms with Crippen molar-refractivity contribution in [3.63, 3.8) is 0 Å². The van der Waals surface area contributed by atoms with Crippen LogP contribution in [0.1, 0.15) is 27.8 Å². The Hall–Kier alpha value is -4.76. The predicted octanol–water partition coefficient (Wildman–Crippen LogP) is 6.10. The summed E-state index contributed by atoms with van der Waals surface area (Å²) >= 11 is 0. The Morgan fingerprint density at radius 3 is 1.98 bits per heavy atom. The highest BCUT2D eigenvalue weighted by molar-refractivity contribution is 5.95. The van der Waals surface area contributed by atoms with E-state index in [1.54, 1.807) is 29.4 Å². The van der Waals surface area contributed by atoms with Crippen LogP contribution < -0.4 is 0 Å². The molecule has 0 bridgehead atoms. The van der Waals surface area contributed by atoms with Crippen LogP contribution in [0.5, 0.6) is 0 Å². The lowest BCUT2D eigenvalue weighted by atomic mass is 10.0. The van der Waals surface area contributed by atoms with E-state index in [4.69, 9.17) is 0 Å². The number of pyridine rings is 1. The molecule has 3 aromatic carbocycles. The molecule has 1 aliphatic rings. The molecule has 2 heterocycles. The SMILES string of the molecule is O=C(C(Cc1ccccc1)N(Cc1ccncc1)C(=O)/C=C/c1ccc(C(F)(F)F)cc1)N1CCN(Cc2ccccc2)CC1. The Morgan fingerprint density at radius 2 is 1.38 bits per heavy atom. The van der Waals surface area contributed by atoms with Crippen LogP contribution in [0.3, 0.4) is 0 Å². The van der Waals surface area contributed by atoms with Crippen LogP contribution in [-0.2, 0) is 35.3 Å². The van der Waals surface area contributed by atoms with Gasteiger partial charge >= 0.3 is 6.18 Å². The molecular formula is C36H35F3N4O2. The van der Waals surface area contributed by atoms with Crippen molar-refractivity contribution in [2.24, 2.45) is 0 Å². The average molecular weight is 613 g/mol. The summed E-state index contributed by atoms with van der Waals surface area (Å²) in [4.78, 5) is 38.0. The third-order valence-electron chi connectivity index (χ3n) is 7.91. The molecule has 232 valence electrons.